The second-order valence-electron chi connectivity index (χ2n) is 8.38. The molecule has 5 rings (SSSR count). The Morgan fingerprint density at radius 2 is 1.72 bits per heavy atom. The van der Waals surface area contributed by atoms with Crippen LogP contribution in [-0.4, -0.2) is 31.4 Å². The molecule has 10 nitrogen and oxygen atoms in total. The van der Waals surface area contributed by atoms with Gasteiger partial charge in [-0.2, -0.15) is 5.10 Å². The zero-order valence-corrected chi connectivity index (χ0v) is 19.4. The van der Waals surface area contributed by atoms with Crippen LogP contribution in [-0.2, 0) is 13.1 Å². The van der Waals surface area contributed by atoms with Gasteiger partial charge in [0, 0.05) is 19.2 Å². The van der Waals surface area contributed by atoms with Crippen LogP contribution in [0.4, 0.5) is 4.39 Å². The van der Waals surface area contributed by atoms with Crippen molar-refractivity contribution in [1.82, 2.24) is 30.2 Å². The van der Waals surface area contributed by atoms with E-state index in [-0.39, 0.29) is 30.1 Å². The summed E-state index contributed by atoms with van der Waals surface area (Å²) in [6, 6.07) is 12.1. The molecule has 0 bridgehead atoms. The standard InChI is InChI=1S/C25H21FN6O4/c1-13-3-4-15(7-14(13)2)10-28-24(34)20-9-19(30-22-17(26)12-29-32(20)22)23(33)27-11-16-5-6-21-18(8-16)31-25(35)36-21/h3-9,12H,10-11H2,1-2H3,(H,27,33)(H,28,34)(H,31,35). The largest absolute Gasteiger partial charge is 0.417 e. The van der Waals surface area contributed by atoms with Crippen LogP contribution in [0.15, 0.2) is 57.9 Å². The summed E-state index contributed by atoms with van der Waals surface area (Å²) in [7, 11) is 0. The predicted molar refractivity (Wildman–Crippen MR) is 128 cm³/mol. The summed E-state index contributed by atoms with van der Waals surface area (Å²) in [5, 5.41) is 9.37. The van der Waals surface area contributed by atoms with Gasteiger partial charge in [0.2, 0.25) is 0 Å². The molecule has 0 saturated carbocycles. The zero-order chi connectivity index (χ0) is 25.4. The van der Waals surface area contributed by atoms with E-state index in [0.717, 1.165) is 27.4 Å². The maximum absolute atomic E-state index is 14.3. The molecule has 0 spiro atoms. The molecule has 182 valence electrons. The zero-order valence-electron chi connectivity index (χ0n) is 19.4. The van der Waals surface area contributed by atoms with Crippen molar-refractivity contribution in [3.63, 3.8) is 0 Å². The second-order valence-corrected chi connectivity index (χ2v) is 8.38. The van der Waals surface area contributed by atoms with Gasteiger partial charge in [0.05, 0.1) is 11.7 Å². The van der Waals surface area contributed by atoms with E-state index >= 15 is 0 Å². The van der Waals surface area contributed by atoms with Crippen molar-refractivity contribution in [3.8, 4) is 0 Å². The number of fused-ring (bicyclic) bond motifs is 2. The highest BCUT2D eigenvalue weighted by molar-refractivity contribution is 5.98. The van der Waals surface area contributed by atoms with Crippen LogP contribution in [0.1, 0.15) is 43.2 Å². The molecule has 36 heavy (non-hydrogen) atoms. The van der Waals surface area contributed by atoms with Gasteiger partial charge in [0.25, 0.3) is 11.8 Å². The van der Waals surface area contributed by atoms with Gasteiger partial charge in [0.15, 0.2) is 17.0 Å². The predicted octanol–water partition coefficient (Wildman–Crippen LogP) is 2.78. The Labute approximate surface area is 203 Å². The average Bonchev–Trinajstić information content (AvgIpc) is 3.43. The molecular weight excluding hydrogens is 467 g/mol. The number of hydrogen-bond donors (Lipinski definition) is 3. The van der Waals surface area contributed by atoms with Gasteiger partial charge in [-0.05, 0) is 48.2 Å². The van der Waals surface area contributed by atoms with E-state index in [2.05, 4.69) is 25.7 Å². The van der Waals surface area contributed by atoms with Crippen LogP contribution < -0.4 is 16.4 Å². The molecular formula is C25H21FN6O4. The summed E-state index contributed by atoms with van der Waals surface area (Å²) >= 11 is 0. The molecule has 0 radical (unpaired) electrons. The van der Waals surface area contributed by atoms with Gasteiger partial charge >= 0.3 is 5.76 Å². The number of amides is 2. The first-order valence-electron chi connectivity index (χ1n) is 11.1. The number of rotatable bonds is 6. The Morgan fingerprint density at radius 3 is 2.50 bits per heavy atom. The molecule has 3 heterocycles. The number of halogens is 1. The molecule has 2 aromatic carbocycles. The fourth-order valence-corrected chi connectivity index (χ4v) is 3.78. The van der Waals surface area contributed by atoms with E-state index in [0.29, 0.717) is 16.7 Å². The maximum atomic E-state index is 14.3. The molecule has 0 aliphatic carbocycles. The van der Waals surface area contributed by atoms with E-state index in [1.165, 1.54) is 6.07 Å². The molecule has 0 saturated heterocycles. The Hall–Kier alpha value is -4.80. The average molecular weight is 488 g/mol. The number of benzene rings is 2. The maximum Gasteiger partial charge on any atom is 0.417 e. The van der Waals surface area contributed by atoms with E-state index < -0.39 is 23.4 Å². The minimum absolute atomic E-state index is 0.0322. The van der Waals surface area contributed by atoms with Gasteiger partial charge in [-0.15, -0.1) is 0 Å². The number of aromatic nitrogens is 4. The Kier molecular flexibility index (Phi) is 5.80. The van der Waals surface area contributed by atoms with E-state index in [9.17, 15) is 18.8 Å². The molecule has 3 aromatic heterocycles. The monoisotopic (exact) mass is 488 g/mol. The molecule has 0 unspecified atom stereocenters. The Morgan fingerprint density at radius 1 is 1.00 bits per heavy atom. The van der Waals surface area contributed by atoms with Crippen molar-refractivity contribution in [3.05, 3.63) is 98.7 Å². The summed E-state index contributed by atoms with van der Waals surface area (Å²) in [4.78, 5) is 43.8. The van der Waals surface area contributed by atoms with Gasteiger partial charge in [-0.1, -0.05) is 24.3 Å². The number of aromatic amines is 1. The molecule has 5 aromatic rings. The smallest absolute Gasteiger partial charge is 0.408 e. The number of nitrogens with zero attached hydrogens (tertiary/aromatic N) is 3. The minimum atomic E-state index is -0.762. The van der Waals surface area contributed by atoms with Gasteiger partial charge < -0.3 is 15.1 Å². The van der Waals surface area contributed by atoms with Gasteiger partial charge in [-0.25, -0.2) is 18.7 Å². The Bertz CT molecular complexity index is 1700. The van der Waals surface area contributed by atoms with Crippen LogP contribution in [0.3, 0.4) is 0 Å². The van der Waals surface area contributed by atoms with Crippen molar-refractivity contribution < 1.29 is 18.4 Å². The highest BCUT2D eigenvalue weighted by atomic mass is 19.1. The third kappa shape index (κ3) is 4.45. The van der Waals surface area contributed by atoms with E-state index in [1.54, 1.807) is 18.2 Å². The third-order valence-electron chi connectivity index (χ3n) is 5.85. The molecule has 2 amide bonds. The van der Waals surface area contributed by atoms with Crippen molar-refractivity contribution >= 4 is 28.6 Å². The molecule has 0 aliphatic heterocycles. The molecule has 3 N–H and O–H groups in total. The number of hydrogen-bond acceptors (Lipinski definition) is 6. The van der Waals surface area contributed by atoms with Gasteiger partial charge in [-0.3, -0.25) is 14.6 Å². The first-order valence-corrected chi connectivity index (χ1v) is 11.1. The number of H-pyrrole nitrogens is 1. The summed E-state index contributed by atoms with van der Waals surface area (Å²) < 4.78 is 20.3. The number of carbonyl (C=O) groups excluding carboxylic acids is 2. The molecule has 0 atom stereocenters. The highest BCUT2D eigenvalue weighted by Gasteiger charge is 2.20. The normalized spacial score (nSPS) is 11.2. The molecule has 11 heteroatoms. The van der Waals surface area contributed by atoms with Crippen molar-refractivity contribution in [2.45, 2.75) is 26.9 Å². The lowest BCUT2D eigenvalue weighted by Gasteiger charge is -2.10. The van der Waals surface area contributed by atoms with Gasteiger partial charge in [0.1, 0.15) is 11.4 Å². The SMILES string of the molecule is Cc1ccc(CNC(=O)c2cc(C(=O)NCc3ccc4oc(=O)[nH]c4c3)nc3c(F)cnn23)cc1C. The summed E-state index contributed by atoms with van der Waals surface area (Å²) in [6.07, 6.45) is 0.936. The van der Waals surface area contributed by atoms with E-state index in [1.807, 2.05) is 32.0 Å². The number of nitrogens with one attached hydrogen (secondary N) is 3. The lowest BCUT2D eigenvalue weighted by molar-refractivity contribution is 0.0942. The van der Waals surface area contributed by atoms with Crippen LogP contribution in [0.2, 0.25) is 0 Å². The quantitative estimate of drug-likeness (QED) is 0.337. The topological polar surface area (TPSA) is 134 Å². The van der Waals surface area contributed by atoms with Crippen molar-refractivity contribution in [1.29, 1.82) is 0 Å². The first kappa shape index (κ1) is 23.0. The first-order chi connectivity index (χ1) is 17.3. The lowest BCUT2D eigenvalue weighted by Crippen LogP contribution is -2.28. The number of oxazole rings is 1. The summed E-state index contributed by atoms with van der Waals surface area (Å²) in [5.41, 5.74) is 4.31. The molecule has 0 fully saturated rings. The third-order valence-corrected chi connectivity index (χ3v) is 5.85. The fraction of sp³-hybridized carbons (Fsp3) is 0.160. The highest BCUT2D eigenvalue weighted by Crippen LogP contribution is 2.15. The van der Waals surface area contributed by atoms with Crippen molar-refractivity contribution in [2.75, 3.05) is 0 Å². The molecule has 0 aliphatic rings. The number of carbonyl (C=O) groups is 2. The van der Waals surface area contributed by atoms with Crippen LogP contribution in [0, 0.1) is 19.7 Å². The van der Waals surface area contributed by atoms with Crippen LogP contribution >= 0.6 is 0 Å². The second kappa shape index (κ2) is 9.10. The minimum Gasteiger partial charge on any atom is -0.408 e. The Balaban J connectivity index is 1.36. The van der Waals surface area contributed by atoms with E-state index in [4.69, 9.17) is 4.42 Å². The van der Waals surface area contributed by atoms with Crippen molar-refractivity contribution in [2.24, 2.45) is 0 Å². The summed E-state index contributed by atoms with van der Waals surface area (Å²) in [5.74, 6) is -2.48. The van der Waals surface area contributed by atoms with Crippen LogP contribution in [0.25, 0.3) is 16.7 Å². The lowest BCUT2D eigenvalue weighted by atomic mass is 10.1. The fourth-order valence-electron chi connectivity index (χ4n) is 3.78. The number of aryl methyl sites for hydroxylation is 2. The summed E-state index contributed by atoms with van der Waals surface area (Å²) in [6.45, 7) is 4.33. The van der Waals surface area contributed by atoms with Crippen LogP contribution in [0.5, 0.6) is 0 Å².